The van der Waals surface area contributed by atoms with E-state index in [1.807, 2.05) is 54.6 Å². The highest BCUT2D eigenvalue weighted by Crippen LogP contribution is 2.20. The number of hydrogen-bond acceptors (Lipinski definition) is 3. The minimum absolute atomic E-state index is 0.384. The summed E-state index contributed by atoms with van der Waals surface area (Å²) < 4.78 is 5.84. The number of pyridine rings is 1. The van der Waals surface area contributed by atoms with Gasteiger partial charge in [-0.2, -0.15) is 0 Å². The maximum absolute atomic E-state index is 5.84. The molecule has 2 aromatic carbocycles. The third-order valence-electron chi connectivity index (χ3n) is 3.25. The van der Waals surface area contributed by atoms with E-state index in [0.29, 0.717) is 11.6 Å². The predicted octanol–water partition coefficient (Wildman–Crippen LogP) is 3.45. The highest BCUT2D eigenvalue weighted by atomic mass is 32.1. The highest BCUT2D eigenvalue weighted by molar-refractivity contribution is 7.80. The Labute approximate surface area is 128 Å². The number of aromatic nitrogens is 1. The second kappa shape index (κ2) is 5.89. The Morgan fingerprint density at radius 1 is 1.10 bits per heavy atom. The first-order valence-electron chi connectivity index (χ1n) is 6.59. The van der Waals surface area contributed by atoms with Crippen molar-refractivity contribution in [3.63, 3.8) is 0 Å². The zero-order chi connectivity index (χ0) is 14.7. The number of thiocarbonyl (C=S) groups is 1. The molecule has 0 saturated heterocycles. The molecule has 104 valence electrons. The van der Waals surface area contributed by atoms with Crippen molar-refractivity contribution in [2.24, 2.45) is 5.73 Å². The molecule has 0 radical (unpaired) electrons. The van der Waals surface area contributed by atoms with Crippen LogP contribution in [0, 0.1) is 0 Å². The fraction of sp³-hybridized carbons (Fsp3) is 0.0588. The van der Waals surface area contributed by atoms with E-state index < -0.39 is 0 Å². The molecule has 0 fully saturated rings. The quantitative estimate of drug-likeness (QED) is 0.749. The van der Waals surface area contributed by atoms with Gasteiger partial charge in [0.05, 0.1) is 5.52 Å². The largest absolute Gasteiger partial charge is 0.489 e. The fourth-order valence-corrected chi connectivity index (χ4v) is 2.38. The number of benzene rings is 2. The van der Waals surface area contributed by atoms with Gasteiger partial charge in [0.25, 0.3) is 0 Å². The Kier molecular flexibility index (Phi) is 3.79. The molecule has 2 N–H and O–H groups in total. The topological polar surface area (TPSA) is 48.1 Å². The molecular formula is C17H14N2OS. The second-order valence-electron chi connectivity index (χ2n) is 4.67. The van der Waals surface area contributed by atoms with Crippen molar-refractivity contribution in [2.75, 3.05) is 0 Å². The first-order chi connectivity index (χ1) is 10.2. The van der Waals surface area contributed by atoms with Crippen LogP contribution in [0.2, 0.25) is 0 Å². The van der Waals surface area contributed by atoms with Gasteiger partial charge in [-0.25, -0.2) is 0 Å². The number of rotatable bonds is 4. The van der Waals surface area contributed by atoms with Crippen LogP contribution in [0.1, 0.15) is 11.1 Å². The minimum Gasteiger partial charge on any atom is -0.489 e. The molecule has 1 heterocycles. The van der Waals surface area contributed by atoms with Crippen molar-refractivity contribution >= 4 is 28.1 Å². The van der Waals surface area contributed by atoms with Crippen LogP contribution in [0.4, 0.5) is 0 Å². The highest BCUT2D eigenvalue weighted by Gasteiger charge is 2.05. The smallest absolute Gasteiger partial charge is 0.122 e. The summed E-state index contributed by atoms with van der Waals surface area (Å²) in [4.78, 5) is 4.71. The zero-order valence-electron chi connectivity index (χ0n) is 11.3. The number of nitrogens with two attached hydrogens (primary N) is 1. The maximum atomic E-state index is 5.84. The van der Waals surface area contributed by atoms with Crippen LogP contribution < -0.4 is 10.5 Å². The van der Waals surface area contributed by atoms with Crippen molar-refractivity contribution in [1.82, 2.24) is 4.98 Å². The Bertz CT molecular complexity index is 801. The van der Waals surface area contributed by atoms with Crippen LogP contribution in [0.3, 0.4) is 0 Å². The summed E-state index contributed by atoms with van der Waals surface area (Å²) in [7, 11) is 0. The SMILES string of the molecule is NC(=S)c1ccccc1COc1ccc2cccnc2c1. The molecule has 3 rings (SSSR count). The standard InChI is InChI=1S/C17H14N2OS/c18-17(21)15-6-2-1-4-13(15)11-20-14-8-7-12-5-3-9-19-16(12)10-14/h1-10H,11H2,(H2,18,21). The third-order valence-corrected chi connectivity index (χ3v) is 3.47. The molecule has 0 aliphatic heterocycles. The van der Waals surface area contributed by atoms with Crippen molar-refractivity contribution in [3.05, 3.63) is 71.9 Å². The van der Waals surface area contributed by atoms with Crippen LogP contribution in [-0.4, -0.2) is 9.97 Å². The number of hydrogen-bond donors (Lipinski definition) is 1. The molecule has 0 spiro atoms. The third kappa shape index (κ3) is 3.01. The molecule has 0 bridgehead atoms. The lowest BCUT2D eigenvalue weighted by Crippen LogP contribution is -2.13. The average Bonchev–Trinajstić information content (AvgIpc) is 2.53. The average molecular weight is 294 g/mol. The first-order valence-corrected chi connectivity index (χ1v) is 7.00. The van der Waals surface area contributed by atoms with Crippen molar-refractivity contribution in [2.45, 2.75) is 6.61 Å². The predicted molar refractivity (Wildman–Crippen MR) is 88.4 cm³/mol. The number of fused-ring (bicyclic) bond motifs is 1. The second-order valence-corrected chi connectivity index (χ2v) is 5.11. The van der Waals surface area contributed by atoms with E-state index >= 15 is 0 Å². The van der Waals surface area contributed by atoms with Crippen LogP contribution in [-0.2, 0) is 6.61 Å². The number of nitrogens with zero attached hydrogens (tertiary/aromatic N) is 1. The van der Waals surface area contributed by atoms with E-state index in [4.69, 9.17) is 22.7 Å². The Hall–Kier alpha value is -2.46. The van der Waals surface area contributed by atoms with E-state index in [0.717, 1.165) is 27.8 Å². The number of ether oxygens (including phenoxy) is 1. The summed E-state index contributed by atoms with van der Waals surface area (Å²) in [6.45, 7) is 0.422. The zero-order valence-corrected chi connectivity index (χ0v) is 12.1. The molecule has 0 aliphatic rings. The molecule has 21 heavy (non-hydrogen) atoms. The lowest BCUT2D eigenvalue weighted by Gasteiger charge is -2.10. The van der Waals surface area contributed by atoms with E-state index in [1.54, 1.807) is 6.20 Å². The monoisotopic (exact) mass is 294 g/mol. The molecule has 0 amide bonds. The normalized spacial score (nSPS) is 10.5. The van der Waals surface area contributed by atoms with Crippen LogP contribution in [0.15, 0.2) is 60.8 Å². The van der Waals surface area contributed by atoms with Gasteiger partial charge in [-0.1, -0.05) is 42.5 Å². The maximum Gasteiger partial charge on any atom is 0.122 e. The van der Waals surface area contributed by atoms with Crippen LogP contribution in [0.25, 0.3) is 10.9 Å². The summed E-state index contributed by atoms with van der Waals surface area (Å²) in [5.41, 5.74) is 8.47. The molecule has 3 nitrogen and oxygen atoms in total. The lowest BCUT2D eigenvalue weighted by atomic mass is 10.1. The van der Waals surface area contributed by atoms with Crippen molar-refractivity contribution < 1.29 is 4.74 Å². The van der Waals surface area contributed by atoms with Gasteiger partial charge in [-0.05, 0) is 23.8 Å². The molecule has 0 unspecified atom stereocenters. The van der Waals surface area contributed by atoms with E-state index in [9.17, 15) is 0 Å². The Morgan fingerprint density at radius 2 is 1.95 bits per heavy atom. The molecule has 3 aromatic rings. The summed E-state index contributed by atoms with van der Waals surface area (Å²) in [5, 5.41) is 1.09. The summed E-state index contributed by atoms with van der Waals surface area (Å²) in [5.74, 6) is 0.777. The van der Waals surface area contributed by atoms with Crippen molar-refractivity contribution in [1.29, 1.82) is 0 Å². The van der Waals surface area contributed by atoms with Gasteiger partial charge in [-0.15, -0.1) is 0 Å². The Balaban J connectivity index is 1.82. The molecule has 1 aromatic heterocycles. The van der Waals surface area contributed by atoms with Gasteiger partial charge in [-0.3, -0.25) is 4.98 Å². The van der Waals surface area contributed by atoms with Crippen molar-refractivity contribution in [3.8, 4) is 5.75 Å². The first kappa shape index (κ1) is 13.5. The summed E-state index contributed by atoms with van der Waals surface area (Å²) in [6, 6.07) is 17.5. The molecule has 0 aliphatic carbocycles. The molecule has 0 atom stereocenters. The summed E-state index contributed by atoms with van der Waals surface area (Å²) >= 11 is 5.06. The van der Waals surface area contributed by atoms with E-state index in [-0.39, 0.29) is 0 Å². The lowest BCUT2D eigenvalue weighted by molar-refractivity contribution is 0.306. The molecular weight excluding hydrogens is 280 g/mol. The van der Waals surface area contributed by atoms with Crippen LogP contribution in [0.5, 0.6) is 5.75 Å². The van der Waals surface area contributed by atoms with E-state index in [1.165, 1.54) is 0 Å². The van der Waals surface area contributed by atoms with Gasteiger partial charge < -0.3 is 10.5 Å². The summed E-state index contributed by atoms with van der Waals surface area (Å²) in [6.07, 6.45) is 1.77. The molecule has 0 saturated carbocycles. The van der Waals surface area contributed by atoms with E-state index in [2.05, 4.69) is 4.98 Å². The van der Waals surface area contributed by atoms with Gasteiger partial charge in [0.1, 0.15) is 17.3 Å². The molecule has 4 heteroatoms. The van der Waals surface area contributed by atoms with Gasteiger partial charge in [0, 0.05) is 23.2 Å². The Morgan fingerprint density at radius 3 is 2.81 bits per heavy atom. The van der Waals surface area contributed by atoms with Gasteiger partial charge in [0.15, 0.2) is 0 Å². The minimum atomic E-state index is 0.384. The van der Waals surface area contributed by atoms with Gasteiger partial charge >= 0.3 is 0 Å². The fourth-order valence-electron chi connectivity index (χ4n) is 2.18. The van der Waals surface area contributed by atoms with Gasteiger partial charge in [0.2, 0.25) is 0 Å². The van der Waals surface area contributed by atoms with Crippen LogP contribution >= 0.6 is 12.2 Å².